The molecule has 0 aliphatic heterocycles. The zero-order valence-electron chi connectivity index (χ0n) is 11.2. The average Bonchev–Trinajstić information content (AvgIpc) is 2.43. The van der Waals surface area contributed by atoms with Crippen molar-refractivity contribution < 1.29 is 0 Å². The van der Waals surface area contributed by atoms with E-state index in [0.717, 1.165) is 29.2 Å². The Bertz CT molecular complexity index is 419. The summed E-state index contributed by atoms with van der Waals surface area (Å²) >= 11 is 0. The van der Waals surface area contributed by atoms with Gasteiger partial charge in [-0.25, -0.2) is 9.97 Å². The molecule has 5 rings (SSSR count). The van der Waals surface area contributed by atoms with Crippen molar-refractivity contribution in [1.29, 1.82) is 0 Å². The monoisotopic (exact) mass is 258 g/mol. The van der Waals surface area contributed by atoms with Gasteiger partial charge in [0, 0.05) is 18.0 Å². The third kappa shape index (κ3) is 1.89. The van der Waals surface area contributed by atoms with Gasteiger partial charge in [0.15, 0.2) is 0 Å². The highest BCUT2D eigenvalue weighted by molar-refractivity contribution is 5.14. The molecule has 4 aliphatic carbocycles. The molecule has 0 amide bonds. The summed E-state index contributed by atoms with van der Waals surface area (Å²) in [6, 6.07) is 0.233. The number of nitrogens with one attached hydrogen (secondary N) is 1. The second-order valence-corrected chi connectivity index (χ2v) is 6.82. The lowest BCUT2D eigenvalue weighted by Crippen LogP contribution is -2.50. The Morgan fingerprint density at radius 3 is 2.11 bits per heavy atom. The minimum absolute atomic E-state index is 0.233. The van der Waals surface area contributed by atoms with Gasteiger partial charge in [-0.2, -0.15) is 0 Å². The molecule has 4 bridgehead atoms. The average molecular weight is 258 g/mol. The van der Waals surface area contributed by atoms with Crippen LogP contribution in [0.3, 0.4) is 0 Å². The maximum Gasteiger partial charge on any atom is 0.115 e. The normalized spacial score (nSPS) is 41.4. The van der Waals surface area contributed by atoms with E-state index in [1.807, 2.05) is 12.4 Å². The summed E-state index contributed by atoms with van der Waals surface area (Å²) in [5, 5.41) is 0. The van der Waals surface area contributed by atoms with Gasteiger partial charge in [-0.05, 0) is 61.7 Å². The highest BCUT2D eigenvalue weighted by Gasteiger charge is 2.50. The van der Waals surface area contributed by atoms with Crippen LogP contribution in [0.5, 0.6) is 0 Å². The molecule has 0 saturated heterocycles. The van der Waals surface area contributed by atoms with Crippen molar-refractivity contribution in [1.82, 2.24) is 15.4 Å². The fraction of sp³-hybridized carbons (Fsp3) is 0.733. The van der Waals surface area contributed by atoms with Crippen LogP contribution < -0.4 is 11.3 Å². The molecule has 4 aliphatic rings. The van der Waals surface area contributed by atoms with Gasteiger partial charge in [-0.1, -0.05) is 0 Å². The Labute approximate surface area is 114 Å². The molecule has 4 heteroatoms. The van der Waals surface area contributed by atoms with Crippen LogP contribution in [0.25, 0.3) is 0 Å². The molecule has 0 radical (unpaired) electrons. The third-order valence-corrected chi connectivity index (χ3v) is 5.80. The molecule has 1 atom stereocenters. The SMILES string of the molecule is NNC(c1cncnc1)C1C2CC3CC(C2)CC1C3. The van der Waals surface area contributed by atoms with E-state index >= 15 is 0 Å². The molecular weight excluding hydrogens is 236 g/mol. The van der Waals surface area contributed by atoms with Crippen LogP contribution in [0.1, 0.15) is 43.7 Å². The molecule has 4 saturated carbocycles. The largest absolute Gasteiger partial charge is 0.271 e. The van der Waals surface area contributed by atoms with Gasteiger partial charge in [0.1, 0.15) is 6.33 Å². The minimum atomic E-state index is 0.233. The number of rotatable bonds is 3. The maximum absolute atomic E-state index is 5.88. The van der Waals surface area contributed by atoms with E-state index in [2.05, 4.69) is 15.4 Å². The maximum atomic E-state index is 5.88. The van der Waals surface area contributed by atoms with Crippen molar-refractivity contribution in [2.24, 2.45) is 35.4 Å². The summed E-state index contributed by atoms with van der Waals surface area (Å²) in [7, 11) is 0. The second-order valence-electron chi connectivity index (χ2n) is 6.82. The fourth-order valence-electron chi connectivity index (χ4n) is 5.41. The van der Waals surface area contributed by atoms with Crippen LogP contribution in [0.15, 0.2) is 18.7 Å². The van der Waals surface area contributed by atoms with E-state index < -0.39 is 0 Å². The fourth-order valence-corrected chi connectivity index (χ4v) is 5.41. The summed E-state index contributed by atoms with van der Waals surface area (Å²) < 4.78 is 0. The predicted molar refractivity (Wildman–Crippen MR) is 72.6 cm³/mol. The second kappa shape index (κ2) is 4.53. The van der Waals surface area contributed by atoms with Crippen LogP contribution in [0.2, 0.25) is 0 Å². The number of nitrogens with zero attached hydrogens (tertiary/aromatic N) is 2. The van der Waals surface area contributed by atoms with E-state index in [4.69, 9.17) is 5.84 Å². The quantitative estimate of drug-likeness (QED) is 0.643. The zero-order chi connectivity index (χ0) is 12.8. The number of hydrazine groups is 1. The van der Waals surface area contributed by atoms with Gasteiger partial charge in [0.2, 0.25) is 0 Å². The third-order valence-electron chi connectivity index (χ3n) is 5.80. The van der Waals surface area contributed by atoms with Gasteiger partial charge < -0.3 is 0 Å². The lowest BCUT2D eigenvalue weighted by atomic mass is 9.50. The van der Waals surface area contributed by atoms with Crippen LogP contribution in [-0.4, -0.2) is 9.97 Å². The molecule has 1 heterocycles. The number of nitrogens with two attached hydrogens (primary N) is 1. The summed E-state index contributed by atoms with van der Waals surface area (Å²) in [5.41, 5.74) is 4.22. The van der Waals surface area contributed by atoms with Crippen molar-refractivity contribution in [3.05, 3.63) is 24.3 Å². The van der Waals surface area contributed by atoms with Crippen molar-refractivity contribution in [2.45, 2.75) is 38.1 Å². The van der Waals surface area contributed by atoms with E-state index in [1.54, 1.807) is 6.33 Å². The van der Waals surface area contributed by atoms with E-state index in [0.29, 0.717) is 5.92 Å². The summed E-state index contributed by atoms with van der Waals surface area (Å²) in [6.07, 6.45) is 12.6. The first-order valence-electron chi connectivity index (χ1n) is 7.56. The van der Waals surface area contributed by atoms with Crippen LogP contribution in [0, 0.1) is 29.6 Å². The number of hydrogen-bond donors (Lipinski definition) is 2. The van der Waals surface area contributed by atoms with Gasteiger partial charge in [0.25, 0.3) is 0 Å². The molecule has 4 nitrogen and oxygen atoms in total. The van der Waals surface area contributed by atoms with Gasteiger partial charge in [-0.3, -0.25) is 11.3 Å². The first-order valence-corrected chi connectivity index (χ1v) is 7.56. The van der Waals surface area contributed by atoms with Crippen LogP contribution in [-0.2, 0) is 0 Å². The molecule has 0 aromatic carbocycles. The van der Waals surface area contributed by atoms with Crippen LogP contribution >= 0.6 is 0 Å². The Kier molecular flexibility index (Phi) is 2.81. The zero-order valence-corrected chi connectivity index (χ0v) is 11.2. The lowest BCUT2D eigenvalue weighted by Gasteiger charge is -2.56. The van der Waals surface area contributed by atoms with Gasteiger partial charge in [-0.15, -0.1) is 0 Å². The van der Waals surface area contributed by atoms with Gasteiger partial charge in [0.05, 0.1) is 6.04 Å². The first kappa shape index (κ1) is 11.8. The molecule has 1 unspecified atom stereocenters. The van der Waals surface area contributed by atoms with Crippen molar-refractivity contribution >= 4 is 0 Å². The molecule has 4 fully saturated rings. The predicted octanol–water partition coefficient (Wildman–Crippen LogP) is 2.05. The van der Waals surface area contributed by atoms with E-state index in [1.165, 1.54) is 32.1 Å². The Balaban J connectivity index is 1.64. The first-order chi connectivity index (χ1) is 9.35. The lowest BCUT2D eigenvalue weighted by molar-refractivity contribution is -0.0526. The molecule has 1 aromatic rings. The number of hydrogen-bond acceptors (Lipinski definition) is 4. The van der Waals surface area contributed by atoms with E-state index in [9.17, 15) is 0 Å². The highest BCUT2D eigenvalue weighted by atomic mass is 15.2. The summed E-state index contributed by atoms with van der Waals surface area (Å²) in [4.78, 5) is 8.32. The highest BCUT2D eigenvalue weighted by Crippen LogP contribution is 2.59. The molecular formula is C15H22N4. The van der Waals surface area contributed by atoms with Crippen LogP contribution in [0.4, 0.5) is 0 Å². The molecule has 1 aromatic heterocycles. The molecule has 102 valence electrons. The number of aromatic nitrogens is 2. The summed E-state index contributed by atoms with van der Waals surface area (Å²) in [6.45, 7) is 0. The topological polar surface area (TPSA) is 63.8 Å². The molecule has 0 spiro atoms. The Morgan fingerprint density at radius 2 is 1.58 bits per heavy atom. The Hall–Kier alpha value is -1.00. The summed E-state index contributed by atoms with van der Waals surface area (Å²) in [5.74, 6) is 10.3. The molecule has 19 heavy (non-hydrogen) atoms. The van der Waals surface area contributed by atoms with Crippen molar-refractivity contribution in [3.63, 3.8) is 0 Å². The van der Waals surface area contributed by atoms with Gasteiger partial charge >= 0.3 is 0 Å². The molecule has 3 N–H and O–H groups in total. The smallest absolute Gasteiger partial charge is 0.115 e. The standard InChI is InChI=1S/C15H22N4/c16-19-15(13-6-17-8-18-7-13)14-11-2-9-1-10(4-11)5-12(14)3-9/h6-12,14-15,19H,1-5,16H2. The van der Waals surface area contributed by atoms with E-state index in [-0.39, 0.29) is 6.04 Å². The van der Waals surface area contributed by atoms with Crippen molar-refractivity contribution in [3.8, 4) is 0 Å². The Morgan fingerprint density at radius 1 is 1.00 bits per heavy atom. The minimum Gasteiger partial charge on any atom is -0.271 e. The van der Waals surface area contributed by atoms with Crippen molar-refractivity contribution in [2.75, 3.05) is 0 Å².